The summed E-state index contributed by atoms with van der Waals surface area (Å²) in [5.74, 6) is 0. The number of pyridine rings is 1. The summed E-state index contributed by atoms with van der Waals surface area (Å²) in [6.45, 7) is 4.19. The zero-order valence-electron chi connectivity index (χ0n) is 10.9. The molecule has 0 aliphatic heterocycles. The average Bonchev–Trinajstić information content (AvgIpc) is 2.39. The summed E-state index contributed by atoms with van der Waals surface area (Å²) in [5, 5.41) is 1.17. The molecule has 94 valence electrons. The molecule has 0 amide bonds. The molecule has 1 nitrogen and oxygen atoms in total. The lowest BCUT2D eigenvalue weighted by molar-refractivity contribution is 1.35. The molecule has 0 aliphatic rings. The molecule has 0 bridgehead atoms. The van der Waals surface area contributed by atoms with E-state index in [0.29, 0.717) is 0 Å². The molecule has 0 saturated carbocycles. The first-order valence-electron chi connectivity index (χ1n) is 6.27. The molecule has 1 heterocycles. The van der Waals surface area contributed by atoms with Gasteiger partial charge in [-0.3, -0.25) is 0 Å². The number of aryl methyl sites for hydroxylation is 2. The Balaban J connectivity index is 2.19. The van der Waals surface area contributed by atoms with E-state index >= 15 is 0 Å². The number of hydrogen-bond acceptors (Lipinski definition) is 1. The molecule has 0 atom stereocenters. The van der Waals surface area contributed by atoms with Gasteiger partial charge in [0.2, 0.25) is 0 Å². The monoisotopic (exact) mass is 311 g/mol. The number of aromatic nitrogens is 1. The minimum Gasteiger partial charge on any atom is -0.248 e. The van der Waals surface area contributed by atoms with Crippen molar-refractivity contribution in [2.45, 2.75) is 13.8 Å². The predicted molar refractivity (Wildman–Crippen MR) is 84.4 cm³/mol. The molecular weight excluding hydrogens is 298 g/mol. The van der Waals surface area contributed by atoms with Gasteiger partial charge in [0, 0.05) is 15.4 Å². The lowest BCUT2D eigenvalue weighted by Gasteiger charge is -2.06. The molecule has 0 fully saturated rings. The van der Waals surface area contributed by atoms with Crippen LogP contribution in [0.1, 0.15) is 11.1 Å². The fraction of sp³-hybridized carbons (Fsp3) is 0.118. The van der Waals surface area contributed by atoms with E-state index in [9.17, 15) is 0 Å². The number of halogens is 1. The zero-order chi connectivity index (χ0) is 13.4. The standard InChI is InChI=1S/C17H14BrN/c1-11-3-5-13(6-4-11)16-8-7-14-10-15(18)9-12(2)17(14)19-16/h3-10H,1-2H3. The third kappa shape index (κ3) is 2.41. The molecule has 0 aliphatic carbocycles. The summed E-state index contributed by atoms with van der Waals surface area (Å²) >= 11 is 3.53. The van der Waals surface area contributed by atoms with E-state index in [-0.39, 0.29) is 0 Å². The predicted octanol–water partition coefficient (Wildman–Crippen LogP) is 5.28. The number of fused-ring (bicyclic) bond motifs is 1. The van der Waals surface area contributed by atoms with Gasteiger partial charge in [-0.05, 0) is 37.6 Å². The smallest absolute Gasteiger partial charge is 0.0739 e. The van der Waals surface area contributed by atoms with Crippen LogP contribution in [0.2, 0.25) is 0 Å². The van der Waals surface area contributed by atoms with Crippen LogP contribution in [0.15, 0.2) is 53.0 Å². The topological polar surface area (TPSA) is 12.9 Å². The summed E-state index contributed by atoms with van der Waals surface area (Å²) in [5.41, 5.74) is 5.72. The minimum absolute atomic E-state index is 1.03. The zero-order valence-corrected chi connectivity index (χ0v) is 12.5. The van der Waals surface area contributed by atoms with E-state index in [2.05, 4.69) is 78.3 Å². The van der Waals surface area contributed by atoms with Gasteiger partial charge < -0.3 is 0 Å². The van der Waals surface area contributed by atoms with Crippen molar-refractivity contribution in [2.24, 2.45) is 0 Å². The largest absolute Gasteiger partial charge is 0.248 e. The van der Waals surface area contributed by atoms with Crippen LogP contribution in [0.5, 0.6) is 0 Å². The number of rotatable bonds is 1. The van der Waals surface area contributed by atoms with Crippen molar-refractivity contribution in [3.8, 4) is 11.3 Å². The van der Waals surface area contributed by atoms with Crippen molar-refractivity contribution in [3.05, 3.63) is 64.1 Å². The van der Waals surface area contributed by atoms with Crippen LogP contribution in [0.3, 0.4) is 0 Å². The molecule has 2 heteroatoms. The van der Waals surface area contributed by atoms with Crippen molar-refractivity contribution in [1.82, 2.24) is 4.98 Å². The quantitative estimate of drug-likeness (QED) is 0.595. The Morgan fingerprint density at radius 3 is 2.37 bits per heavy atom. The highest BCUT2D eigenvalue weighted by Crippen LogP contribution is 2.26. The Morgan fingerprint density at radius 1 is 0.895 bits per heavy atom. The molecule has 2 aromatic carbocycles. The second kappa shape index (κ2) is 4.78. The van der Waals surface area contributed by atoms with Gasteiger partial charge in [0.25, 0.3) is 0 Å². The molecule has 3 aromatic rings. The molecule has 0 radical (unpaired) electrons. The number of benzene rings is 2. The molecule has 1 aromatic heterocycles. The minimum atomic E-state index is 1.03. The molecule has 0 N–H and O–H groups in total. The first-order valence-corrected chi connectivity index (χ1v) is 7.07. The van der Waals surface area contributed by atoms with Crippen molar-refractivity contribution in [1.29, 1.82) is 0 Å². The van der Waals surface area contributed by atoms with Gasteiger partial charge in [-0.25, -0.2) is 4.98 Å². The van der Waals surface area contributed by atoms with Crippen molar-refractivity contribution in [3.63, 3.8) is 0 Å². The summed E-state index contributed by atoms with van der Waals surface area (Å²) in [6, 6.07) is 16.9. The Labute approximate surface area is 121 Å². The van der Waals surface area contributed by atoms with Gasteiger partial charge in [-0.15, -0.1) is 0 Å². The van der Waals surface area contributed by atoms with Gasteiger partial charge in [0.05, 0.1) is 11.2 Å². The van der Waals surface area contributed by atoms with Gasteiger partial charge in [-0.1, -0.05) is 51.8 Å². The SMILES string of the molecule is Cc1ccc(-c2ccc3cc(Br)cc(C)c3n2)cc1. The highest BCUT2D eigenvalue weighted by Gasteiger charge is 2.04. The molecule has 0 spiro atoms. The van der Waals surface area contributed by atoms with Crippen LogP contribution < -0.4 is 0 Å². The van der Waals surface area contributed by atoms with Gasteiger partial charge in [0.15, 0.2) is 0 Å². The Kier molecular flexibility index (Phi) is 3.11. The lowest BCUT2D eigenvalue weighted by Crippen LogP contribution is -1.88. The molecule has 0 saturated heterocycles. The van der Waals surface area contributed by atoms with E-state index in [1.54, 1.807) is 0 Å². The highest BCUT2D eigenvalue weighted by atomic mass is 79.9. The maximum Gasteiger partial charge on any atom is 0.0739 e. The third-order valence-electron chi connectivity index (χ3n) is 3.30. The van der Waals surface area contributed by atoms with Crippen LogP contribution >= 0.6 is 15.9 Å². The average molecular weight is 312 g/mol. The Hall–Kier alpha value is -1.67. The maximum atomic E-state index is 4.79. The first-order chi connectivity index (χ1) is 9.13. The molecule has 0 unspecified atom stereocenters. The van der Waals surface area contributed by atoms with E-state index in [1.165, 1.54) is 16.5 Å². The Bertz CT molecular complexity index is 745. The number of nitrogens with zero attached hydrogens (tertiary/aromatic N) is 1. The molecule has 3 rings (SSSR count). The first kappa shape index (κ1) is 12.4. The summed E-state index contributed by atoms with van der Waals surface area (Å²) in [4.78, 5) is 4.79. The normalized spacial score (nSPS) is 10.9. The van der Waals surface area contributed by atoms with E-state index < -0.39 is 0 Å². The maximum absolute atomic E-state index is 4.79. The summed E-state index contributed by atoms with van der Waals surface area (Å²) in [6.07, 6.45) is 0. The van der Waals surface area contributed by atoms with E-state index in [4.69, 9.17) is 4.98 Å². The van der Waals surface area contributed by atoms with Crippen LogP contribution in [-0.4, -0.2) is 4.98 Å². The van der Waals surface area contributed by atoms with Crippen molar-refractivity contribution < 1.29 is 0 Å². The fourth-order valence-corrected chi connectivity index (χ4v) is 2.84. The molecular formula is C17H14BrN. The van der Waals surface area contributed by atoms with Crippen LogP contribution in [0.4, 0.5) is 0 Å². The molecule has 19 heavy (non-hydrogen) atoms. The van der Waals surface area contributed by atoms with Crippen molar-refractivity contribution in [2.75, 3.05) is 0 Å². The van der Waals surface area contributed by atoms with Gasteiger partial charge >= 0.3 is 0 Å². The van der Waals surface area contributed by atoms with Gasteiger partial charge in [-0.2, -0.15) is 0 Å². The second-order valence-corrected chi connectivity index (χ2v) is 5.77. The van der Waals surface area contributed by atoms with E-state index in [0.717, 1.165) is 21.2 Å². The Morgan fingerprint density at radius 2 is 1.63 bits per heavy atom. The van der Waals surface area contributed by atoms with Gasteiger partial charge in [0.1, 0.15) is 0 Å². The van der Waals surface area contributed by atoms with E-state index in [1.807, 2.05) is 0 Å². The van der Waals surface area contributed by atoms with Crippen molar-refractivity contribution >= 4 is 26.8 Å². The highest BCUT2D eigenvalue weighted by molar-refractivity contribution is 9.10. The van der Waals surface area contributed by atoms with Crippen LogP contribution in [0.25, 0.3) is 22.2 Å². The fourth-order valence-electron chi connectivity index (χ4n) is 2.25. The summed E-state index contributed by atoms with van der Waals surface area (Å²) in [7, 11) is 0. The third-order valence-corrected chi connectivity index (χ3v) is 3.75. The lowest BCUT2D eigenvalue weighted by atomic mass is 10.1. The van der Waals surface area contributed by atoms with Crippen LogP contribution in [-0.2, 0) is 0 Å². The summed E-state index contributed by atoms with van der Waals surface area (Å²) < 4.78 is 1.10. The second-order valence-electron chi connectivity index (χ2n) is 4.86. The van der Waals surface area contributed by atoms with Crippen LogP contribution in [0, 0.1) is 13.8 Å². The number of hydrogen-bond donors (Lipinski definition) is 0.